The first-order chi connectivity index (χ1) is 11.7. The van der Waals surface area contributed by atoms with Crippen molar-refractivity contribution in [2.45, 2.75) is 38.1 Å². The average Bonchev–Trinajstić information content (AvgIpc) is 2.63. The van der Waals surface area contributed by atoms with Crippen molar-refractivity contribution in [2.24, 2.45) is 0 Å². The molecule has 0 bridgehead atoms. The first kappa shape index (κ1) is 17.2. The van der Waals surface area contributed by atoms with E-state index in [9.17, 15) is 4.79 Å². The highest BCUT2D eigenvalue weighted by atomic mass is 16.2. The largest absolute Gasteiger partial charge is 0.357 e. The van der Waals surface area contributed by atoms with Crippen LogP contribution in [0.1, 0.15) is 32.1 Å². The summed E-state index contributed by atoms with van der Waals surface area (Å²) in [5.41, 5.74) is 0.780. The maximum atomic E-state index is 12.3. The van der Waals surface area contributed by atoms with Gasteiger partial charge in [0.15, 0.2) is 0 Å². The number of hydrogen-bond acceptors (Lipinski definition) is 5. The summed E-state index contributed by atoms with van der Waals surface area (Å²) in [6.07, 6.45) is 7.90. The van der Waals surface area contributed by atoms with Crippen molar-refractivity contribution in [1.29, 1.82) is 0 Å². The third kappa shape index (κ3) is 4.68. The Labute approximate surface area is 144 Å². The standard InChI is InChI=1S/C18H29N5O/c1-19-16-6-5-9-22(13-16)14-18(24)21-15-7-8-17(20-12-15)23-10-3-2-4-11-23/h7-8,12,16,19H,2-6,9-11,13-14H2,1H3,(H,21,24). The number of amides is 1. The van der Waals surface area contributed by atoms with Crippen LogP contribution in [0.25, 0.3) is 0 Å². The summed E-state index contributed by atoms with van der Waals surface area (Å²) in [4.78, 5) is 21.3. The second-order valence-electron chi connectivity index (χ2n) is 6.86. The van der Waals surface area contributed by atoms with Crippen LogP contribution in [0.5, 0.6) is 0 Å². The van der Waals surface area contributed by atoms with Crippen molar-refractivity contribution < 1.29 is 4.79 Å². The molecule has 1 aromatic rings. The molecule has 2 fully saturated rings. The third-order valence-electron chi connectivity index (χ3n) is 4.99. The van der Waals surface area contributed by atoms with Gasteiger partial charge in [-0.1, -0.05) is 0 Å². The van der Waals surface area contributed by atoms with Gasteiger partial charge in [0.25, 0.3) is 0 Å². The quantitative estimate of drug-likeness (QED) is 0.860. The van der Waals surface area contributed by atoms with Gasteiger partial charge >= 0.3 is 0 Å². The van der Waals surface area contributed by atoms with Gasteiger partial charge in [-0.3, -0.25) is 9.69 Å². The number of piperidine rings is 2. The molecule has 1 amide bonds. The van der Waals surface area contributed by atoms with Crippen LogP contribution in [0, 0.1) is 0 Å². The van der Waals surface area contributed by atoms with E-state index in [4.69, 9.17) is 0 Å². The number of pyridine rings is 1. The molecular formula is C18H29N5O. The number of rotatable bonds is 5. The van der Waals surface area contributed by atoms with Gasteiger partial charge in [-0.2, -0.15) is 0 Å². The van der Waals surface area contributed by atoms with E-state index < -0.39 is 0 Å². The summed E-state index contributed by atoms with van der Waals surface area (Å²) in [5, 5.41) is 6.28. The van der Waals surface area contributed by atoms with Crippen LogP contribution in [-0.2, 0) is 4.79 Å². The summed E-state index contributed by atoms with van der Waals surface area (Å²) in [7, 11) is 1.99. The fraction of sp³-hybridized carbons (Fsp3) is 0.667. The van der Waals surface area contributed by atoms with E-state index >= 15 is 0 Å². The molecule has 0 aliphatic carbocycles. The molecule has 3 heterocycles. The minimum Gasteiger partial charge on any atom is -0.357 e. The summed E-state index contributed by atoms with van der Waals surface area (Å²) in [5.74, 6) is 1.06. The Morgan fingerprint density at radius 3 is 2.75 bits per heavy atom. The van der Waals surface area contributed by atoms with E-state index in [1.54, 1.807) is 6.20 Å². The van der Waals surface area contributed by atoms with Crippen LogP contribution in [0.4, 0.5) is 11.5 Å². The molecule has 2 saturated heterocycles. The van der Waals surface area contributed by atoms with Gasteiger partial charge in [0.2, 0.25) is 5.91 Å². The molecule has 1 unspecified atom stereocenters. The lowest BCUT2D eigenvalue weighted by molar-refractivity contribution is -0.117. The second-order valence-corrected chi connectivity index (χ2v) is 6.86. The zero-order valence-corrected chi connectivity index (χ0v) is 14.6. The minimum atomic E-state index is 0.0410. The van der Waals surface area contributed by atoms with Gasteiger partial charge in [-0.05, 0) is 57.8 Å². The summed E-state index contributed by atoms with van der Waals surface area (Å²) in [6.45, 7) is 4.56. The molecule has 6 heteroatoms. The van der Waals surface area contributed by atoms with Gasteiger partial charge < -0.3 is 15.5 Å². The van der Waals surface area contributed by atoms with Crippen LogP contribution >= 0.6 is 0 Å². The number of nitrogens with one attached hydrogen (secondary N) is 2. The second kappa shape index (κ2) is 8.44. The summed E-state index contributed by atoms with van der Waals surface area (Å²) < 4.78 is 0. The zero-order chi connectivity index (χ0) is 16.8. The maximum Gasteiger partial charge on any atom is 0.238 e. The van der Waals surface area contributed by atoms with Crippen molar-refractivity contribution in [2.75, 3.05) is 50.0 Å². The van der Waals surface area contributed by atoms with E-state index in [2.05, 4.69) is 25.4 Å². The SMILES string of the molecule is CNC1CCCN(CC(=O)Nc2ccc(N3CCCCC3)nc2)C1. The molecule has 2 aliphatic heterocycles. The Hall–Kier alpha value is -1.66. The molecule has 2 N–H and O–H groups in total. The third-order valence-corrected chi connectivity index (χ3v) is 4.99. The normalized spacial score (nSPS) is 22.4. The van der Waals surface area contributed by atoms with E-state index in [1.165, 1.54) is 25.7 Å². The number of likely N-dealkylation sites (tertiary alicyclic amines) is 1. The zero-order valence-electron chi connectivity index (χ0n) is 14.6. The molecule has 1 atom stereocenters. The number of carbonyl (C=O) groups is 1. The molecule has 0 spiro atoms. The Kier molecular flexibility index (Phi) is 6.04. The molecule has 6 nitrogen and oxygen atoms in total. The van der Waals surface area contributed by atoms with Crippen LogP contribution in [0.2, 0.25) is 0 Å². The Morgan fingerprint density at radius 2 is 2.04 bits per heavy atom. The van der Waals surface area contributed by atoms with E-state index in [-0.39, 0.29) is 5.91 Å². The van der Waals surface area contributed by atoms with Gasteiger partial charge in [0, 0.05) is 25.7 Å². The van der Waals surface area contributed by atoms with Crippen LogP contribution in [-0.4, -0.2) is 61.6 Å². The molecule has 0 aromatic carbocycles. The van der Waals surface area contributed by atoms with Crippen molar-refractivity contribution in [3.63, 3.8) is 0 Å². The Bertz CT molecular complexity index is 527. The van der Waals surface area contributed by atoms with Crippen molar-refractivity contribution in [3.05, 3.63) is 18.3 Å². The predicted octanol–water partition coefficient (Wildman–Crippen LogP) is 1.69. The number of anilines is 2. The van der Waals surface area contributed by atoms with Crippen LogP contribution in [0.15, 0.2) is 18.3 Å². The number of hydrogen-bond donors (Lipinski definition) is 2. The number of carbonyl (C=O) groups excluding carboxylic acids is 1. The molecule has 2 aliphatic rings. The fourth-order valence-electron chi connectivity index (χ4n) is 3.61. The Balaban J connectivity index is 1.49. The lowest BCUT2D eigenvalue weighted by Crippen LogP contribution is -2.46. The molecule has 0 radical (unpaired) electrons. The first-order valence-electron chi connectivity index (χ1n) is 9.15. The molecule has 1 aromatic heterocycles. The smallest absolute Gasteiger partial charge is 0.238 e. The molecule has 3 rings (SSSR count). The molecular weight excluding hydrogens is 302 g/mol. The number of likely N-dealkylation sites (N-methyl/N-ethyl adjacent to an activating group) is 1. The van der Waals surface area contributed by atoms with Crippen LogP contribution < -0.4 is 15.5 Å². The average molecular weight is 331 g/mol. The van der Waals surface area contributed by atoms with Gasteiger partial charge in [-0.25, -0.2) is 4.98 Å². The molecule has 132 valence electrons. The van der Waals surface area contributed by atoms with Gasteiger partial charge in [-0.15, -0.1) is 0 Å². The van der Waals surface area contributed by atoms with Crippen molar-refractivity contribution in [1.82, 2.24) is 15.2 Å². The van der Waals surface area contributed by atoms with Gasteiger partial charge in [0.05, 0.1) is 18.4 Å². The highest BCUT2D eigenvalue weighted by Gasteiger charge is 2.20. The van der Waals surface area contributed by atoms with Crippen molar-refractivity contribution >= 4 is 17.4 Å². The van der Waals surface area contributed by atoms with E-state index in [1.807, 2.05) is 19.2 Å². The monoisotopic (exact) mass is 331 g/mol. The predicted molar refractivity (Wildman–Crippen MR) is 97.5 cm³/mol. The molecule has 0 saturated carbocycles. The lowest BCUT2D eigenvalue weighted by Gasteiger charge is -2.31. The summed E-state index contributed by atoms with van der Waals surface area (Å²) >= 11 is 0. The fourth-order valence-corrected chi connectivity index (χ4v) is 3.61. The first-order valence-corrected chi connectivity index (χ1v) is 9.15. The van der Waals surface area contributed by atoms with E-state index in [0.717, 1.165) is 44.1 Å². The Morgan fingerprint density at radius 1 is 1.21 bits per heavy atom. The van der Waals surface area contributed by atoms with E-state index in [0.29, 0.717) is 12.6 Å². The number of aromatic nitrogens is 1. The highest BCUT2D eigenvalue weighted by molar-refractivity contribution is 5.92. The highest BCUT2D eigenvalue weighted by Crippen LogP contribution is 2.19. The lowest BCUT2D eigenvalue weighted by atomic mass is 10.1. The van der Waals surface area contributed by atoms with Crippen molar-refractivity contribution in [3.8, 4) is 0 Å². The van der Waals surface area contributed by atoms with Crippen LogP contribution in [0.3, 0.4) is 0 Å². The summed E-state index contributed by atoms with van der Waals surface area (Å²) in [6, 6.07) is 4.47. The topological polar surface area (TPSA) is 60.5 Å². The van der Waals surface area contributed by atoms with Gasteiger partial charge in [0.1, 0.15) is 5.82 Å². The number of nitrogens with zero attached hydrogens (tertiary/aromatic N) is 3. The molecule has 24 heavy (non-hydrogen) atoms. The minimum absolute atomic E-state index is 0.0410. The maximum absolute atomic E-state index is 12.3.